The Labute approximate surface area is 111 Å². The molecule has 2 unspecified atom stereocenters. The average molecular weight is 259 g/mol. The SMILES string of the molecule is Cc1cc(C(N)C2CCOc3ccccc32)cs1. The van der Waals surface area contributed by atoms with E-state index in [4.69, 9.17) is 10.5 Å². The quantitative estimate of drug-likeness (QED) is 0.894. The van der Waals surface area contributed by atoms with Crippen molar-refractivity contribution < 1.29 is 4.74 Å². The van der Waals surface area contributed by atoms with Gasteiger partial charge in [0.1, 0.15) is 5.75 Å². The summed E-state index contributed by atoms with van der Waals surface area (Å²) in [5.41, 5.74) is 8.95. The highest BCUT2D eigenvalue weighted by Crippen LogP contribution is 2.40. The molecule has 0 amide bonds. The van der Waals surface area contributed by atoms with E-state index in [1.165, 1.54) is 16.0 Å². The van der Waals surface area contributed by atoms with Crippen molar-refractivity contribution in [1.82, 2.24) is 0 Å². The topological polar surface area (TPSA) is 35.2 Å². The van der Waals surface area contributed by atoms with Crippen molar-refractivity contribution in [1.29, 1.82) is 0 Å². The number of rotatable bonds is 2. The van der Waals surface area contributed by atoms with Gasteiger partial charge in [-0.3, -0.25) is 0 Å². The summed E-state index contributed by atoms with van der Waals surface area (Å²) >= 11 is 1.77. The lowest BCUT2D eigenvalue weighted by Gasteiger charge is -2.30. The molecule has 0 saturated carbocycles. The molecule has 0 bridgehead atoms. The van der Waals surface area contributed by atoms with E-state index in [0.29, 0.717) is 5.92 Å². The molecule has 2 aromatic rings. The van der Waals surface area contributed by atoms with Crippen LogP contribution in [0, 0.1) is 6.92 Å². The molecular formula is C15H17NOS. The van der Waals surface area contributed by atoms with Crippen molar-refractivity contribution in [3.05, 3.63) is 51.7 Å². The molecule has 2 heterocycles. The number of para-hydroxylation sites is 1. The van der Waals surface area contributed by atoms with Gasteiger partial charge in [-0.2, -0.15) is 0 Å². The minimum absolute atomic E-state index is 0.0694. The molecule has 0 radical (unpaired) electrons. The van der Waals surface area contributed by atoms with Gasteiger partial charge >= 0.3 is 0 Å². The third-order valence-electron chi connectivity index (χ3n) is 3.57. The Morgan fingerprint density at radius 2 is 2.22 bits per heavy atom. The average Bonchev–Trinajstić information content (AvgIpc) is 2.84. The molecule has 0 saturated heterocycles. The fraction of sp³-hybridized carbons (Fsp3) is 0.333. The predicted molar refractivity (Wildman–Crippen MR) is 75.3 cm³/mol. The van der Waals surface area contributed by atoms with Crippen LogP contribution < -0.4 is 10.5 Å². The van der Waals surface area contributed by atoms with Gasteiger partial charge in [-0.1, -0.05) is 18.2 Å². The zero-order chi connectivity index (χ0) is 12.5. The highest BCUT2D eigenvalue weighted by Gasteiger charge is 2.27. The van der Waals surface area contributed by atoms with Gasteiger partial charge in [0.25, 0.3) is 0 Å². The van der Waals surface area contributed by atoms with E-state index in [-0.39, 0.29) is 6.04 Å². The van der Waals surface area contributed by atoms with Gasteiger partial charge in [-0.05, 0) is 42.0 Å². The first-order valence-corrected chi connectivity index (χ1v) is 7.16. The summed E-state index contributed by atoms with van der Waals surface area (Å²) in [6.07, 6.45) is 0.993. The summed E-state index contributed by atoms with van der Waals surface area (Å²) in [5.74, 6) is 1.36. The summed E-state index contributed by atoms with van der Waals surface area (Å²) in [5, 5.41) is 2.18. The van der Waals surface area contributed by atoms with Gasteiger partial charge < -0.3 is 10.5 Å². The molecule has 0 fully saturated rings. The Kier molecular flexibility index (Phi) is 3.10. The molecule has 18 heavy (non-hydrogen) atoms. The largest absolute Gasteiger partial charge is 0.493 e. The summed E-state index contributed by atoms with van der Waals surface area (Å²) < 4.78 is 5.69. The highest BCUT2D eigenvalue weighted by atomic mass is 32.1. The van der Waals surface area contributed by atoms with Gasteiger partial charge in [0.15, 0.2) is 0 Å². The number of hydrogen-bond donors (Lipinski definition) is 1. The minimum atomic E-state index is 0.0694. The van der Waals surface area contributed by atoms with Gasteiger partial charge in [0.05, 0.1) is 6.61 Å². The maximum atomic E-state index is 6.45. The third kappa shape index (κ3) is 2.04. The number of benzene rings is 1. The van der Waals surface area contributed by atoms with Gasteiger partial charge in [-0.15, -0.1) is 11.3 Å². The number of aryl methyl sites for hydroxylation is 1. The molecule has 1 aliphatic heterocycles. The monoisotopic (exact) mass is 259 g/mol. The normalized spacial score (nSPS) is 20.0. The Balaban J connectivity index is 1.94. The molecular weight excluding hydrogens is 242 g/mol. The second-order valence-corrected chi connectivity index (χ2v) is 5.91. The Morgan fingerprint density at radius 3 is 3.00 bits per heavy atom. The van der Waals surface area contributed by atoms with Crippen molar-refractivity contribution in [3.63, 3.8) is 0 Å². The lowest BCUT2D eigenvalue weighted by molar-refractivity contribution is 0.256. The van der Waals surface area contributed by atoms with Crippen LogP contribution >= 0.6 is 11.3 Å². The van der Waals surface area contributed by atoms with Crippen LogP contribution in [0.2, 0.25) is 0 Å². The fourth-order valence-electron chi connectivity index (χ4n) is 2.61. The molecule has 1 aliphatic rings. The van der Waals surface area contributed by atoms with E-state index < -0.39 is 0 Å². The summed E-state index contributed by atoms with van der Waals surface area (Å²) in [6, 6.07) is 10.5. The van der Waals surface area contributed by atoms with Crippen molar-refractivity contribution in [2.45, 2.75) is 25.3 Å². The van der Waals surface area contributed by atoms with Crippen molar-refractivity contribution in [2.75, 3.05) is 6.61 Å². The van der Waals surface area contributed by atoms with E-state index in [9.17, 15) is 0 Å². The minimum Gasteiger partial charge on any atom is -0.493 e. The molecule has 2 N–H and O–H groups in total. The number of ether oxygens (including phenoxy) is 1. The Morgan fingerprint density at radius 1 is 1.39 bits per heavy atom. The van der Waals surface area contributed by atoms with Crippen LogP contribution in [0.3, 0.4) is 0 Å². The molecule has 3 heteroatoms. The molecule has 1 aromatic heterocycles. The maximum absolute atomic E-state index is 6.45. The maximum Gasteiger partial charge on any atom is 0.122 e. The molecule has 1 aromatic carbocycles. The second-order valence-electron chi connectivity index (χ2n) is 4.80. The van der Waals surface area contributed by atoms with Crippen molar-refractivity contribution in [2.24, 2.45) is 5.73 Å². The lowest BCUT2D eigenvalue weighted by atomic mass is 9.84. The van der Waals surface area contributed by atoms with Crippen LogP contribution in [-0.4, -0.2) is 6.61 Å². The van der Waals surface area contributed by atoms with Crippen LogP contribution in [0.25, 0.3) is 0 Å². The van der Waals surface area contributed by atoms with Crippen LogP contribution in [0.1, 0.15) is 34.4 Å². The number of fused-ring (bicyclic) bond motifs is 1. The van der Waals surface area contributed by atoms with Crippen LogP contribution in [-0.2, 0) is 0 Å². The first kappa shape index (κ1) is 11.8. The first-order valence-electron chi connectivity index (χ1n) is 6.28. The lowest BCUT2D eigenvalue weighted by Crippen LogP contribution is -2.25. The molecule has 2 atom stereocenters. The summed E-state index contributed by atoms with van der Waals surface area (Å²) in [6.45, 7) is 2.89. The van der Waals surface area contributed by atoms with E-state index in [0.717, 1.165) is 18.8 Å². The Bertz CT molecular complexity index is 549. The number of nitrogens with two attached hydrogens (primary N) is 1. The predicted octanol–water partition coefficient (Wildman–Crippen LogP) is 3.62. The van der Waals surface area contributed by atoms with Gasteiger partial charge in [0.2, 0.25) is 0 Å². The summed E-state index contributed by atoms with van der Waals surface area (Å²) in [4.78, 5) is 1.32. The number of thiophene rings is 1. The zero-order valence-corrected chi connectivity index (χ0v) is 11.2. The fourth-order valence-corrected chi connectivity index (χ4v) is 3.36. The van der Waals surface area contributed by atoms with E-state index in [1.54, 1.807) is 11.3 Å². The van der Waals surface area contributed by atoms with E-state index in [2.05, 4.69) is 30.5 Å². The molecule has 2 nitrogen and oxygen atoms in total. The van der Waals surface area contributed by atoms with Crippen LogP contribution in [0.4, 0.5) is 0 Å². The van der Waals surface area contributed by atoms with Gasteiger partial charge in [-0.25, -0.2) is 0 Å². The molecule has 3 rings (SSSR count). The first-order chi connectivity index (χ1) is 8.75. The molecule has 0 spiro atoms. The summed E-state index contributed by atoms with van der Waals surface area (Å²) in [7, 11) is 0. The molecule has 94 valence electrons. The highest BCUT2D eigenvalue weighted by molar-refractivity contribution is 7.10. The third-order valence-corrected chi connectivity index (χ3v) is 4.45. The van der Waals surface area contributed by atoms with Crippen molar-refractivity contribution in [3.8, 4) is 5.75 Å². The van der Waals surface area contributed by atoms with E-state index >= 15 is 0 Å². The van der Waals surface area contributed by atoms with Crippen molar-refractivity contribution >= 4 is 11.3 Å². The van der Waals surface area contributed by atoms with E-state index in [1.807, 2.05) is 12.1 Å². The molecule has 0 aliphatic carbocycles. The van der Waals surface area contributed by atoms with Gasteiger partial charge in [0, 0.05) is 16.8 Å². The smallest absolute Gasteiger partial charge is 0.122 e. The van der Waals surface area contributed by atoms with Crippen LogP contribution in [0.15, 0.2) is 35.7 Å². The van der Waals surface area contributed by atoms with Crippen LogP contribution in [0.5, 0.6) is 5.75 Å². The standard InChI is InChI=1S/C15H17NOS/c1-10-8-11(9-18-10)15(16)13-6-7-17-14-5-3-2-4-12(13)14/h2-5,8-9,13,15H,6-7,16H2,1H3. The second kappa shape index (κ2) is 4.75. The number of hydrogen-bond acceptors (Lipinski definition) is 3. The Hall–Kier alpha value is -1.32. The zero-order valence-electron chi connectivity index (χ0n) is 10.4.